The quantitative estimate of drug-likeness (QED) is 0.560. The molecule has 2 heterocycles. The summed E-state index contributed by atoms with van der Waals surface area (Å²) in [5.74, 6) is -0.453. The number of hydrogen-bond donors (Lipinski definition) is 2. The van der Waals surface area contributed by atoms with Crippen LogP contribution in [0, 0.1) is 6.92 Å². The van der Waals surface area contributed by atoms with E-state index in [0.29, 0.717) is 38.5 Å². The normalized spacial score (nSPS) is 11.1. The lowest BCUT2D eigenvalue weighted by Gasteiger charge is -2.17. The molecule has 2 aromatic heterocycles. The predicted octanol–water partition coefficient (Wildman–Crippen LogP) is 2.63. The molecule has 8 nitrogen and oxygen atoms in total. The van der Waals surface area contributed by atoms with Crippen LogP contribution in [0.5, 0.6) is 0 Å². The van der Waals surface area contributed by atoms with Gasteiger partial charge >= 0.3 is 0 Å². The lowest BCUT2D eigenvalue weighted by Crippen LogP contribution is -2.34. The minimum Gasteiger partial charge on any atom is -0.351 e. The van der Waals surface area contributed by atoms with Crippen LogP contribution in [-0.4, -0.2) is 52.4 Å². The van der Waals surface area contributed by atoms with Gasteiger partial charge in [0.2, 0.25) is 0 Å². The Bertz CT molecular complexity index is 1150. The van der Waals surface area contributed by atoms with E-state index in [4.69, 9.17) is 0 Å². The largest absolute Gasteiger partial charge is 0.351 e. The average molecular weight is 442 g/mol. The summed E-state index contributed by atoms with van der Waals surface area (Å²) in [5.41, 5.74) is 1.55. The molecule has 0 radical (unpaired) electrons. The van der Waals surface area contributed by atoms with Gasteiger partial charge in [-0.25, -0.2) is 4.98 Å². The molecule has 0 saturated heterocycles. The van der Waals surface area contributed by atoms with E-state index in [-0.39, 0.29) is 17.4 Å². The Morgan fingerprint density at radius 3 is 2.45 bits per heavy atom. The van der Waals surface area contributed by atoms with E-state index in [1.807, 2.05) is 0 Å². The molecule has 1 aromatic carbocycles. The van der Waals surface area contributed by atoms with Crippen LogP contribution in [-0.2, 0) is 7.05 Å². The topological polar surface area (TPSA) is 96.3 Å². The van der Waals surface area contributed by atoms with Crippen molar-refractivity contribution < 1.29 is 9.59 Å². The molecule has 2 amide bonds. The maximum atomic E-state index is 12.8. The summed E-state index contributed by atoms with van der Waals surface area (Å²) in [6, 6.07) is 6.74. The number of aromatic nitrogens is 2. The molecule has 0 spiro atoms. The highest BCUT2D eigenvalue weighted by Crippen LogP contribution is 2.27. The van der Waals surface area contributed by atoms with Gasteiger partial charge in [-0.05, 0) is 49.8 Å². The van der Waals surface area contributed by atoms with Crippen molar-refractivity contribution in [2.75, 3.05) is 31.5 Å². The van der Waals surface area contributed by atoms with Gasteiger partial charge in [0, 0.05) is 31.4 Å². The smallest absolute Gasteiger partial charge is 0.266 e. The first kappa shape index (κ1) is 22.6. The molecule has 164 valence electrons. The first-order valence-electron chi connectivity index (χ1n) is 10.2. The van der Waals surface area contributed by atoms with E-state index in [0.717, 1.165) is 19.6 Å². The van der Waals surface area contributed by atoms with E-state index in [1.165, 1.54) is 22.2 Å². The number of carbonyl (C=O) groups excluding carboxylic acids is 2. The van der Waals surface area contributed by atoms with Crippen LogP contribution in [0.1, 0.15) is 39.4 Å². The third-order valence-corrected chi connectivity index (χ3v) is 6.43. The molecule has 0 atom stereocenters. The molecule has 0 bridgehead atoms. The number of hydrogen-bond acceptors (Lipinski definition) is 6. The van der Waals surface area contributed by atoms with E-state index < -0.39 is 0 Å². The summed E-state index contributed by atoms with van der Waals surface area (Å²) in [7, 11) is 1.63. The third kappa shape index (κ3) is 5.00. The summed E-state index contributed by atoms with van der Waals surface area (Å²) in [6.45, 7) is 9.22. The predicted molar refractivity (Wildman–Crippen MR) is 124 cm³/mol. The number of likely N-dealkylation sites (N-methyl/N-ethyl adjacent to an activating group) is 1. The molecular formula is C22H27N5O3S. The van der Waals surface area contributed by atoms with Gasteiger partial charge in [-0.15, -0.1) is 11.3 Å². The fourth-order valence-corrected chi connectivity index (χ4v) is 4.32. The second kappa shape index (κ2) is 9.84. The summed E-state index contributed by atoms with van der Waals surface area (Å²) in [4.78, 5) is 44.9. The molecular weight excluding hydrogens is 414 g/mol. The van der Waals surface area contributed by atoms with E-state index in [1.54, 1.807) is 38.2 Å². The number of benzene rings is 1. The van der Waals surface area contributed by atoms with Crippen molar-refractivity contribution in [1.82, 2.24) is 19.8 Å². The summed E-state index contributed by atoms with van der Waals surface area (Å²) in [6.07, 6.45) is 1.45. The second-order valence-electron chi connectivity index (χ2n) is 7.21. The van der Waals surface area contributed by atoms with E-state index >= 15 is 0 Å². The number of fused-ring (bicyclic) bond motifs is 1. The SMILES string of the molecule is CCN(CC)CCNC(=O)c1ccc(NC(=O)c2sc3ncn(C)c(=O)c3c2C)cc1. The zero-order valence-electron chi connectivity index (χ0n) is 18.2. The zero-order chi connectivity index (χ0) is 22.5. The molecule has 2 N–H and O–H groups in total. The fourth-order valence-electron chi connectivity index (χ4n) is 3.29. The summed E-state index contributed by atoms with van der Waals surface area (Å²) < 4.78 is 1.40. The van der Waals surface area contributed by atoms with Gasteiger partial charge < -0.3 is 20.1 Å². The number of thiophene rings is 1. The second-order valence-corrected chi connectivity index (χ2v) is 8.21. The zero-order valence-corrected chi connectivity index (χ0v) is 19.0. The Morgan fingerprint density at radius 2 is 1.81 bits per heavy atom. The van der Waals surface area contributed by atoms with Crippen LogP contribution < -0.4 is 16.2 Å². The van der Waals surface area contributed by atoms with Gasteiger partial charge in [0.05, 0.1) is 16.6 Å². The standard InChI is InChI=1S/C22H27N5O3S/c1-5-27(6-2)12-11-23-19(28)15-7-9-16(10-8-15)25-20(29)18-14(3)17-21(31-18)24-13-26(4)22(17)30/h7-10,13H,5-6,11-12H2,1-4H3,(H,23,28)(H,25,29). The number of rotatable bonds is 8. The average Bonchev–Trinajstić information content (AvgIpc) is 3.11. The van der Waals surface area contributed by atoms with Crippen LogP contribution in [0.25, 0.3) is 10.2 Å². The number of aryl methyl sites for hydroxylation is 2. The van der Waals surface area contributed by atoms with Crippen LogP contribution in [0.2, 0.25) is 0 Å². The summed E-state index contributed by atoms with van der Waals surface area (Å²) >= 11 is 1.19. The van der Waals surface area contributed by atoms with Crippen LogP contribution in [0.15, 0.2) is 35.4 Å². The Balaban J connectivity index is 1.66. The lowest BCUT2D eigenvalue weighted by molar-refractivity contribution is 0.0948. The van der Waals surface area contributed by atoms with Crippen molar-refractivity contribution in [3.8, 4) is 0 Å². The number of amides is 2. The Morgan fingerprint density at radius 1 is 1.13 bits per heavy atom. The molecule has 3 aromatic rings. The van der Waals surface area contributed by atoms with Crippen LogP contribution in [0.3, 0.4) is 0 Å². The van der Waals surface area contributed by atoms with Crippen molar-refractivity contribution in [3.05, 3.63) is 57.0 Å². The molecule has 0 aliphatic heterocycles. The highest BCUT2D eigenvalue weighted by atomic mass is 32.1. The number of nitrogens with zero attached hydrogens (tertiary/aromatic N) is 3. The van der Waals surface area contributed by atoms with Gasteiger partial charge in [-0.3, -0.25) is 14.4 Å². The van der Waals surface area contributed by atoms with Crippen molar-refractivity contribution in [2.24, 2.45) is 7.05 Å². The minimum absolute atomic E-state index is 0.146. The summed E-state index contributed by atoms with van der Waals surface area (Å²) in [5, 5.41) is 6.21. The Kier molecular flexibility index (Phi) is 7.19. The lowest BCUT2D eigenvalue weighted by atomic mass is 10.1. The number of anilines is 1. The number of carbonyl (C=O) groups is 2. The van der Waals surface area contributed by atoms with Gasteiger partial charge in [-0.2, -0.15) is 0 Å². The fraction of sp³-hybridized carbons (Fsp3) is 0.364. The van der Waals surface area contributed by atoms with Crippen molar-refractivity contribution in [2.45, 2.75) is 20.8 Å². The molecule has 0 unspecified atom stereocenters. The minimum atomic E-state index is -0.307. The molecule has 0 aliphatic carbocycles. The Labute approximate surface area is 184 Å². The van der Waals surface area contributed by atoms with Gasteiger partial charge in [0.15, 0.2) is 0 Å². The molecule has 0 saturated carbocycles. The van der Waals surface area contributed by atoms with Crippen LogP contribution >= 0.6 is 11.3 Å². The molecule has 0 aliphatic rings. The van der Waals surface area contributed by atoms with Crippen LogP contribution in [0.4, 0.5) is 5.69 Å². The molecule has 0 fully saturated rings. The Hall–Kier alpha value is -3.04. The van der Waals surface area contributed by atoms with Gasteiger partial charge in [-0.1, -0.05) is 13.8 Å². The maximum absolute atomic E-state index is 12.8. The van der Waals surface area contributed by atoms with Crippen molar-refractivity contribution in [3.63, 3.8) is 0 Å². The molecule has 3 rings (SSSR count). The van der Waals surface area contributed by atoms with Gasteiger partial charge in [0.1, 0.15) is 4.83 Å². The van der Waals surface area contributed by atoms with E-state index in [9.17, 15) is 14.4 Å². The van der Waals surface area contributed by atoms with E-state index in [2.05, 4.69) is 34.4 Å². The number of nitrogens with one attached hydrogen (secondary N) is 2. The van der Waals surface area contributed by atoms with Crippen molar-refractivity contribution >= 4 is 39.1 Å². The van der Waals surface area contributed by atoms with Crippen molar-refractivity contribution in [1.29, 1.82) is 0 Å². The first-order valence-corrected chi connectivity index (χ1v) is 11.0. The first-order chi connectivity index (χ1) is 14.8. The van der Waals surface area contributed by atoms with Gasteiger partial charge in [0.25, 0.3) is 17.4 Å². The highest BCUT2D eigenvalue weighted by molar-refractivity contribution is 7.20. The molecule has 31 heavy (non-hydrogen) atoms. The third-order valence-electron chi connectivity index (χ3n) is 5.23. The molecule has 9 heteroatoms. The highest BCUT2D eigenvalue weighted by Gasteiger charge is 2.19. The monoisotopic (exact) mass is 441 g/mol. The maximum Gasteiger partial charge on any atom is 0.266 e.